The fourth-order valence-corrected chi connectivity index (χ4v) is 1.16. The third-order valence-corrected chi connectivity index (χ3v) is 2.88. The summed E-state index contributed by atoms with van der Waals surface area (Å²) in [6.07, 6.45) is 0. The molecule has 2 atom stereocenters. The van der Waals surface area contributed by atoms with Gasteiger partial charge >= 0.3 is 0 Å². The Morgan fingerprint density at radius 2 is 1.62 bits per heavy atom. The van der Waals surface area contributed by atoms with Crippen LogP contribution in [0.3, 0.4) is 0 Å². The molecule has 3 nitrogen and oxygen atoms in total. The molecule has 1 amide bonds. The summed E-state index contributed by atoms with van der Waals surface area (Å²) in [5.41, 5.74) is 0.173. The zero-order valence-electron chi connectivity index (χ0n) is 11.8. The normalized spacial score (nSPS) is 16.0. The smallest absolute Gasteiger partial charge is 0.236 e. The number of amides is 1. The maximum absolute atomic E-state index is 11.7. The van der Waals surface area contributed by atoms with Gasteiger partial charge in [-0.2, -0.15) is 0 Å². The third kappa shape index (κ3) is 6.11. The first-order valence-corrected chi connectivity index (χ1v) is 6.18. The predicted molar refractivity (Wildman–Crippen MR) is 69.4 cm³/mol. The molecule has 0 saturated carbocycles. The van der Waals surface area contributed by atoms with Crippen molar-refractivity contribution in [3.05, 3.63) is 0 Å². The van der Waals surface area contributed by atoms with Crippen molar-refractivity contribution in [2.75, 3.05) is 6.54 Å². The van der Waals surface area contributed by atoms with Gasteiger partial charge in [0.25, 0.3) is 0 Å². The van der Waals surface area contributed by atoms with E-state index in [0.717, 1.165) is 6.54 Å². The largest absolute Gasteiger partial charge is 0.354 e. The van der Waals surface area contributed by atoms with Gasteiger partial charge in [0.15, 0.2) is 0 Å². The summed E-state index contributed by atoms with van der Waals surface area (Å²) in [6.45, 7) is 15.5. The molecule has 0 aromatic rings. The van der Waals surface area contributed by atoms with Crippen LogP contribution in [-0.2, 0) is 4.79 Å². The Morgan fingerprint density at radius 1 is 1.12 bits per heavy atom. The zero-order chi connectivity index (χ0) is 12.9. The lowest BCUT2D eigenvalue weighted by Gasteiger charge is -2.30. The molecule has 2 N–H and O–H groups in total. The molecule has 0 aliphatic heterocycles. The molecule has 0 saturated heterocycles. The van der Waals surface area contributed by atoms with Crippen molar-refractivity contribution >= 4 is 5.91 Å². The molecule has 0 aromatic carbocycles. The van der Waals surface area contributed by atoms with Crippen LogP contribution in [0.4, 0.5) is 0 Å². The van der Waals surface area contributed by atoms with E-state index >= 15 is 0 Å². The molecular weight excluding hydrogens is 200 g/mol. The first-order chi connectivity index (χ1) is 7.14. The van der Waals surface area contributed by atoms with Crippen molar-refractivity contribution in [1.29, 1.82) is 0 Å². The predicted octanol–water partition coefficient (Wildman–Crippen LogP) is 2.17. The van der Waals surface area contributed by atoms with E-state index < -0.39 is 0 Å². The molecule has 0 aromatic heterocycles. The summed E-state index contributed by atoms with van der Waals surface area (Å²) in [5.74, 6) is 0.584. The van der Waals surface area contributed by atoms with Crippen LogP contribution in [0.25, 0.3) is 0 Å². The Bertz CT molecular complexity index is 218. The molecule has 16 heavy (non-hydrogen) atoms. The summed E-state index contributed by atoms with van der Waals surface area (Å²) in [5, 5.41) is 6.27. The van der Waals surface area contributed by atoms with Crippen LogP contribution >= 0.6 is 0 Å². The van der Waals surface area contributed by atoms with E-state index in [0.29, 0.717) is 12.0 Å². The fourth-order valence-electron chi connectivity index (χ4n) is 1.16. The Kier molecular flexibility index (Phi) is 6.01. The lowest BCUT2D eigenvalue weighted by molar-refractivity contribution is -0.123. The highest BCUT2D eigenvalue weighted by Crippen LogP contribution is 2.18. The van der Waals surface area contributed by atoms with E-state index in [-0.39, 0.29) is 17.4 Å². The SMILES string of the molecule is CC(C)CNC(=O)C(C)NC(C)C(C)(C)C. The highest BCUT2D eigenvalue weighted by molar-refractivity contribution is 5.81. The molecule has 0 spiro atoms. The van der Waals surface area contributed by atoms with E-state index in [1.807, 2.05) is 6.92 Å². The highest BCUT2D eigenvalue weighted by atomic mass is 16.2. The van der Waals surface area contributed by atoms with Crippen LogP contribution in [-0.4, -0.2) is 24.5 Å². The summed E-state index contributed by atoms with van der Waals surface area (Å²) in [7, 11) is 0. The van der Waals surface area contributed by atoms with E-state index in [4.69, 9.17) is 0 Å². The molecule has 2 unspecified atom stereocenters. The monoisotopic (exact) mass is 228 g/mol. The number of nitrogens with one attached hydrogen (secondary N) is 2. The average molecular weight is 228 g/mol. The van der Waals surface area contributed by atoms with Crippen LogP contribution in [0.15, 0.2) is 0 Å². The van der Waals surface area contributed by atoms with Gasteiger partial charge in [-0.3, -0.25) is 4.79 Å². The Balaban J connectivity index is 4.06. The van der Waals surface area contributed by atoms with Crippen molar-refractivity contribution in [3.63, 3.8) is 0 Å². The first-order valence-electron chi connectivity index (χ1n) is 6.18. The van der Waals surface area contributed by atoms with Crippen molar-refractivity contribution in [2.24, 2.45) is 11.3 Å². The summed E-state index contributed by atoms with van der Waals surface area (Å²) < 4.78 is 0. The molecule has 0 heterocycles. The van der Waals surface area contributed by atoms with Crippen molar-refractivity contribution in [2.45, 2.75) is 60.5 Å². The van der Waals surface area contributed by atoms with Crippen molar-refractivity contribution < 1.29 is 4.79 Å². The fraction of sp³-hybridized carbons (Fsp3) is 0.923. The van der Waals surface area contributed by atoms with Gasteiger partial charge in [0.05, 0.1) is 6.04 Å². The second-order valence-corrected chi connectivity index (χ2v) is 6.12. The van der Waals surface area contributed by atoms with Gasteiger partial charge in [0, 0.05) is 12.6 Å². The second-order valence-electron chi connectivity index (χ2n) is 6.12. The van der Waals surface area contributed by atoms with E-state index in [1.165, 1.54) is 0 Å². The molecule has 0 aliphatic carbocycles. The van der Waals surface area contributed by atoms with Gasteiger partial charge < -0.3 is 10.6 Å². The van der Waals surface area contributed by atoms with Crippen LogP contribution in [0.5, 0.6) is 0 Å². The lowest BCUT2D eigenvalue weighted by Crippen LogP contribution is -2.50. The van der Waals surface area contributed by atoms with Crippen LogP contribution in [0.1, 0.15) is 48.5 Å². The number of carbonyl (C=O) groups excluding carboxylic acids is 1. The van der Waals surface area contributed by atoms with E-state index in [2.05, 4.69) is 52.2 Å². The summed E-state index contributed by atoms with van der Waals surface area (Å²) in [4.78, 5) is 11.7. The maximum Gasteiger partial charge on any atom is 0.236 e. The minimum atomic E-state index is -0.132. The second kappa shape index (κ2) is 6.24. The molecular formula is C13H28N2O. The molecule has 96 valence electrons. The van der Waals surface area contributed by atoms with E-state index in [9.17, 15) is 4.79 Å². The van der Waals surface area contributed by atoms with Gasteiger partial charge in [-0.05, 0) is 25.2 Å². The number of hydrogen-bond acceptors (Lipinski definition) is 2. The van der Waals surface area contributed by atoms with Gasteiger partial charge in [0.2, 0.25) is 5.91 Å². The quantitative estimate of drug-likeness (QED) is 0.757. The Morgan fingerprint density at radius 3 is 2.00 bits per heavy atom. The molecule has 0 bridgehead atoms. The maximum atomic E-state index is 11.7. The first kappa shape index (κ1) is 15.4. The van der Waals surface area contributed by atoms with Crippen LogP contribution in [0, 0.1) is 11.3 Å². The molecule has 3 heteroatoms. The third-order valence-electron chi connectivity index (χ3n) is 2.88. The molecule has 0 aliphatic rings. The summed E-state index contributed by atoms with van der Waals surface area (Å²) >= 11 is 0. The van der Waals surface area contributed by atoms with Gasteiger partial charge in [-0.25, -0.2) is 0 Å². The highest BCUT2D eigenvalue weighted by Gasteiger charge is 2.23. The van der Waals surface area contributed by atoms with Crippen LogP contribution < -0.4 is 10.6 Å². The standard InChI is InChI=1S/C13H28N2O/c1-9(2)8-14-12(16)10(3)15-11(4)13(5,6)7/h9-11,15H,8H2,1-7H3,(H,14,16). The van der Waals surface area contributed by atoms with Crippen molar-refractivity contribution in [1.82, 2.24) is 10.6 Å². The van der Waals surface area contributed by atoms with Crippen molar-refractivity contribution in [3.8, 4) is 0 Å². The minimum absolute atomic E-state index is 0.0878. The zero-order valence-corrected chi connectivity index (χ0v) is 11.8. The minimum Gasteiger partial charge on any atom is -0.354 e. The number of carbonyl (C=O) groups is 1. The number of hydrogen-bond donors (Lipinski definition) is 2. The van der Waals surface area contributed by atoms with Gasteiger partial charge in [-0.15, -0.1) is 0 Å². The molecule has 0 rings (SSSR count). The Hall–Kier alpha value is -0.570. The molecule has 0 fully saturated rings. The van der Waals surface area contributed by atoms with Gasteiger partial charge in [-0.1, -0.05) is 34.6 Å². The molecule has 0 radical (unpaired) electrons. The lowest BCUT2D eigenvalue weighted by atomic mass is 9.87. The van der Waals surface area contributed by atoms with E-state index in [1.54, 1.807) is 0 Å². The number of rotatable bonds is 5. The van der Waals surface area contributed by atoms with Crippen LogP contribution in [0.2, 0.25) is 0 Å². The topological polar surface area (TPSA) is 41.1 Å². The average Bonchev–Trinajstić information content (AvgIpc) is 2.12. The Labute approximate surface area is 100 Å². The van der Waals surface area contributed by atoms with Gasteiger partial charge in [0.1, 0.15) is 0 Å². The summed E-state index contributed by atoms with van der Waals surface area (Å²) in [6, 6.07) is 0.181.